The molecule has 0 aliphatic heterocycles. The average molecular weight is 379 g/mol. The first-order valence-corrected chi connectivity index (χ1v) is 8.79. The number of methoxy groups -OCH3 is 1. The molecule has 0 saturated carbocycles. The van der Waals surface area contributed by atoms with Crippen molar-refractivity contribution in [2.45, 2.75) is 0 Å². The van der Waals surface area contributed by atoms with E-state index in [4.69, 9.17) is 4.74 Å². The van der Waals surface area contributed by atoms with E-state index < -0.39 is 4.92 Å². The zero-order valence-corrected chi connectivity index (χ0v) is 15.7. The van der Waals surface area contributed by atoms with E-state index in [1.807, 2.05) is 42.5 Å². The molecule has 0 saturated heterocycles. The highest BCUT2D eigenvalue weighted by atomic mass is 16.6. The highest BCUT2D eigenvalue weighted by Crippen LogP contribution is 2.27. The Balaban J connectivity index is 1.87. The fourth-order valence-corrected chi connectivity index (χ4v) is 2.95. The van der Waals surface area contributed by atoms with Gasteiger partial charge in [0.2, 0.25) is 0 Å². The van der Waals surface area contributed by atoms with Crippen LogP contribution in [0, 0.1) is 10.1 Å². The fourth-order valence-electron chi connectivity index (χ4n) is 2.95. The minimum Gasteiger partial charge on any atom is -0.383 e. The number of nitro groups is 1. The first-order chi connectivity index (χ1) is 13.5. The van der Waals surface area contributed by atoms with Gasteiger partial charge in [-0.15, -0.1) is 0 Å². The lowest BCUT2D eigenvalue weighted by atomic mass is 10.1. The number of amides is 1. The number of fused-ring (bicyclic) bond motifs is 1. The van der Waals surface area contributed by atoms with Crippen molar-refractivity contribution in [1.82, 2.24) is 0 Å². The van der Waals surface area contributed by atoms with Gasteiger partial charge < -0.3 is 15.0 Å². The van der Waals surface area contributed by atoms with Gasteiger partial charge in [0.05, 0.1) is 11.5 Å². The second-order valence-corrected chi connectivity index (χ2v) is 6.30. The number of nitrogens with one attached hydrogen (secondary N) is 1. The quantitative estimate of drug-likeness (QED) is 0.380. The summed E-state index contributed by atoms with van der Waals surface area (Å²) in [5.74, 6) is -0.318. The molecule has 0 unspecified atom stereocenters. The molecule has 0 fully saturated rings. The van der Waals surface area contributed by atoms with E-state index in [0.717, 1.165) is 10.8 Å². The molecule has 0 atom stereocenters. The number of hydrogen-bond donors (Lipinski definition) is 1. The Morgan fingerprint density at radius 2 is 1.86 bits per heavy atom. The molecule has 3 aromatic rings. The molecule has 0 aromatic heterocycles. The molecule has 7 heteroatoms. The zero-order chi connectivity index (χ0) is 20.1. The number of hydrogen-bond acceptors (Lipinski definition) is 5. The van der Waals surface area contributed by atoms with E-state index in [9.17, 15) is 14.9 Å². The summed E-state index contributed by atoms with van der Waals surface area (Å²) in [6.07, 6.45) is 0. The van der Waals surface area contributed by atoms with E-state index in [-0.39, 0.29) is 17.2 Å². The van der Waals surface area contributed by atoms with Crippen molar-refractivity contribution in [3.63, 3.8) is 0 Å². The van der Waals surface area contributed by atoms with E-state index in [1.165, 1.54) is 11.0 Å². The summed E-state index contributed by atoms with van der Waals surface area (Å²) in [6, 6.07) is 18.0. The predicted molar refractivity (Wildman–Crippen MR) is 110 cm³/mol. The van der Waals surface area contributed by atoms with Crippen molar-refractivity contribution in [3.8, 4) is 0 Å². The van der Waals surface area contributed by atoms with Gasteiger partial charge in [0, 0.05) is 38.0 Å². The molecule has 0 aliphatic carbocycles. The van der Waals surface area contributed by atoms with Crippen molar-refractivity contribution in [2.75, 3.05) is 37.5 Å². The number of rotatable bonds is 7. The SMILES string of the molecule is COCCNc1ccc(C(=O)N(C)c2ccc3ccccc3c2)cc1[N+](=O)[O-]. The topological polar surface area (TPSA) is 84.7 Å². The van der Waals surface area contributed by atoms with Crippen molar-refractivity contribution >= 4 is 33.7 Å². The molecule has 3 aromatic carbocycles. The van der Waals surface area contributed by atoms with Crippen LogP contribution in [0.2, 0.25) is 0 Å². The van der Waals surface area contributed by atoms with Crippen LogP contribution < -0.4 is 10.2 Å². The van der Waals surface area contributed by atoms with Crippen molar-refractivity contribution in [1.29, 1.82) is 0 Å². The summed E-state index contributed by atoms with van der Waals surface area (Å²) in [6.45, 7) is 0.851. The summed E-state index contributed by atoms with van der Waals surface area (Å²) >= 11 is 0. The summed E-state index contributed by atoms with van der Waals surface area (Å²) in [5.41, 5.74) is 1.18. The van der Waals surface area contributed by atoms with Gasteiger partial charge in [-0.1, -0.05) is 30.3 Å². The van der Waals surface area contributed by atoms with Gasteiger partial charge in [-0.3, -0.25) is 14.9 Å². The molecule has 3 rings (SSSR count). The molecule has 144 valence electrons. The van der Waals surface area contributed by atoms with Crippen LogP contribution in [-0.4, -0.2) is 38.1 Å². The van der Waals surface area contributed by atoms with Gasteiger partial charge in [0.1, 0.15) is 5.69 Å². The largest absolute Gasteiger partial charge is 0.383 e. The first-order valence-electron chi connectivity index (χ1n) is 8.79. The average Bonchev–Trinajstić information content (AvgIpc) is 2.72. The standard InChI is InChI=1S/C21H21N3O4/c1-23(18-9-7-15-5-3-4-6-16(15)13-18)21(25)17-8-10-19(22-11-12-28-2)20(14-17)24(26)27/h3-10,13-14,22H,11-12H2,1-2H3. The Labute approximate surface area is 162 Å². The van der Waals surface area contributed by atoms with E-state index in [0.29, 0.717) is 24.5 Å². The van der Waals surface area contributed by atoms with Gasteiger partial charge in [-0.25, -0.2) is 0 Å². The van der Waals surface area contributed by atoms with Crippen molar-refractivity contribution in [3.05, 3.63) is 76.3 Å². The Morgan fingerprint density at radius 1 is 1.11 bits per heavy atom. The molecule has 0 radical (unpaired) electrons. The predicted octanol–water partition coefficient (Wildman–Crippen LogP) is 4.08. The van der Waals surface area contributed by atoms with E-state index in [1.54, 1.807) is 26.3 Å². The second kappa shape index (κ2) is 8.49. The van der Waals surface area contributed by atoms with Crippen molar-refractivity contribution < 1.29 is 14.5 Å². The van der Waals surface area contributed by atoms with Crippen molar-refractivity contribution in [2.24, 2.45) is 0 Å². The number of benzene rings is 3. The van der Waals surface area contributed by atoms with Gasteiger partial charge in [0.15, 0.2) is 0 Å². The lowest BCUT2D eigenvalue weighted by Gasteiger charge is -2.18. The van der Waals surface area contributed by atoms with E-state index in [2.05, 4.69) is 5.32 Å². The maximum Gasteiger partial charge on any atom is 0.293 e. The highest BCUT2D eigenvalue weighted by Gasteiger charge is 2.20. The molecule has 0 spiro atoms. The lowest BCUT2D eigenvalue weighted by molar-refractivity contribution is -0.384. The number of ether oxygens (including phenoxy) is 1. The zero-order valence-electron chi connectivity index (χ0n) is 15.7. The van der Waals surface area contributed by atoms with Crippen LogP contribution in [0.3, 0.4) is 0 Å². The molecule has 0 aliphatic rings. The Bertz CT molecular complexity index is 1020. The Morgan fingerprint density at radius 3 is 2.57 bits per heavy atom. The van der Waals surface area contributed by atoms with Crippen LogP contribution in [-0.2, 0) is 4.74 Å². The fraction of sp³-hybridized carbons (Fsp3) is 0.190. The molecular weight excluding hydrogens is 358 g/mol. The number of anilines is 2. The molecular formula is C21H21N3O4. The summed E-state index contributed by atoms with van der Waals surface area (Å²) < 4.78 is 4.94. The highest BCUT2D eigenvalue weighted by molar-refractivity contribution is 6.07. The minimum atomic E-state index is -0.498. The monoisotopic (exact) mass is 379 g/mol. The van der Waals surface area contributed by atoms with Gasteiger partial charge >= 0.3 is 0 Å². The van der Waals surface area contributed by atoms with Crippen LogP contribution in [0.1, 0.15) is 10.4 Å². The van der Waals surface area contributed by atoms with Crippen LogP contribution >= 0.6 is 0 Å². The molecule has 0 bridgehead atoms. The van der Waals surface area contributed by atoms with Crippen LogP contribution in [0.4, 0.5) is 17.1 Å². The van der Waals surface area contributed by atoms with Crippen LogP contribution in [0.15, 0.2) is 60.7 Å². The number of nitrogens with zero attached hydrogens (tertiary/aromatic N) is 2. The third-order valence-corrected chi connectivity index (χ3v) is 4.49. The molecule has 28 heavy (non-hydrogen) atoms. The van der Waals surface area contributed by atoms with Crippen LogP contribution in [0.25, 0.3) is 10.8 Å². The van der Waals surface area contributed by atoms with E-state index >= 15 is 0 Å². The molecule has 7 nitrogen and oxygen atoms in total. The smallest absolute Gasteiger partial charge is 0.293 e. The van der Waals surface area contributed by atoms with Gasteiger partial charge in [-0.2, -0.15) is 0 Å². The molecule has 0 heterocycles. The number of carbonyl (C=O) groups excluding carboxylic acids is 1. The molecule has 1 amide bonds. The maximum atomic E-state index is 12.9. The third kappa shape index (κ3) is 4.10. The van der Waals surface area contributed by atoms with Gasteiger partial charge in [-0.05, 0) is 35.0 Å². The summed E-state index contributed by atoms with van der Waals surface area (Å²) in [4.78, 5) is 25.3. The molecule has 1 N–H and O–H groups in total. The summed E-state index contributed by atoms with van der Waals surface area (Å²) in [5, 5.41) is 16.5. The second-order valence-electron chi connectivity index (χ2n) is 6.30. The minimum absolute atomic E-state index is 0.145. The lowest BCUT2D eigenvalue weighted by Crippen LogP contribution is -2.26. The number of carbonyl (C=O) groups is 1. The normalized spacial score (nSPS) is 10.6. The summed E-state index contributed by atoms with van der Waals surface area (Å²) in [7, 11) is 3.21. The first kappa shape index (κ1) is 19.3. The number of nitro benzene ring substituents is 1. The maximum absolute atomic E-state index is 12.9. The Kier molecular flexibility index (Phi) is 5.86. The van der Waals surface area contributed by atoms with Gasteiger partial charge in [0.25, 0.3) is 11.6 Å². The Hall–Kier alpha value is -3.45. The van der Waals surface area contributed by atoms with Crippen LogP contribution in [0.5, 0.6) is 0 Å². The third-order valence-electron chi connectivity index (χ3n) is 4.49.